The Labute approximate surface area is 146 Å². The van der Waals surface area contributed by atoms with Gasteiger partial charge in [0.05, 0.1) is 0 Å². The van der Waals surface area contributed by atoms with Crippen LogP contribution in [-0.4, -0.2) is 59.3 Å². The van der Waals surface area contributed by atoms with Gasteiger partial charge in [0.25, 0.3) is 0 Å². The van der Waals surface area contributed by atoms with Gasteiger partial charge in [-0.15, -0.1) is 0 Å². The lowest BCUT2D eigenvalue weighted by Gasteiger charge is -2.31. The van der Waals surface area contributed by atoms with Crippen molar-refractivity contribution < 1.29 is 19.9 Å². The molecule has 0 aliphatic carbocycles. The Hall–Kier alpha value is -0.625. The largest absolute Gasteiger partial charge is 0.481 e. The first-order valence-electron chi connectivity index (χ1n) is 9.51. The number of piperidine rings is 1. The summed E-state index contributed by atoms with van der Waals surface area (Å²) in [6.07, 6.45) is 8.64. The van der Waals surface area contributed by atoms with Crippen molar-refractivity contribution in [2.45, 2.75) is 64.1 Å². The maximum Gasteiger partial charge on any atom is 0.451 e. The highest BCUT2D eigenvalue weighted by molar-refractivity contribution is 6.40. The quantitative estimate of drug-likeness (QED) is 0.379. The molecule has 0 radical (unpaired) electrons. The van der Waals surface area contributed by atoms with Crippen molar-refractivity contribution >= 4 is 13.1 Å². The van der Waals surface area contributed by atoms with E-state index < -0.39 is 13.1 Å². The summed E-state index contributed by atoms with van der Waals surface area (Å²) in [5, 5.41) is 27.0. The highest BCUT2D eigenvalue weighted by atomic mass is 16.4. The van der Waals surface area contributed by atoms with Crippen LogP contribution in [0.15, 0.2) is 0 Å². The molecule has 2 atom stereocenters. The molecule has 1 rings (SSSR count). The predicted octanol–water partition coefficient (Wildman–Crippen LogP) is 1.56. The number of nitrogens with two attached hydrogens (primary N) is 1. The van der Waals surface area contributed by atoms with Crippen LogP contribution in [-0.2, 0) is 4.79 Å². The van der Waals surface area contributed by atoms with Gasteiger partial charge in [-0.2, -0.15) is 0 Å². The zero-order valence-corrected chi connectivity index (χ0v) is 14.9. The number of carboxylic acids is 1. The van der Waals surface area contributed by atoms with Crippen LogP contribution in [0.1, 0.15) is 57.8 Å². The van der Waals surface area contributed by atoms with Crippen molar-refractivity contribution in [1.82, 2.24) is 4.90 Å². The summed E-state index contributed by atoms with van der Waals surface area (Å²) < 4.78 is 0. The second-order valence-corrected chi connectivity index (χ2v) is 7.24. The number of hydrogen-bond acceptors (Lipinski definition) is 5. The molecule has 1 unspecified atom stereocenters. The van der Waals surface area contributed by atoms with Crippen molar-refractivity contribution in [3.63, 3.8) is 0 Å². The number of hydrogen-bond donors (Lipinski definition) is 4. The molecule has 6 nitrogen and oxygen atoms in total. The fraction of sp³-hybridized carbons (Fsp3) is 0.941. The van der Waals surface area contributed by atoms with Crippen molar-refractivity contribution in [3.05, 3.63) is 0 Å². The first-order valence-corrected chi connectivity index (χ1v) is 9.51. The van der Waals surface area contributed by atoms with Gasteiger partial charge in [-0.1, -0.05) is 19.3 Å². The van der Waals surface area contributed by atoms with E-state index in [9.17, 15) is 4.79 Å². The summed E-state index contributed by atoms with van der Waals surface area (Å²) in [6, 6.07) is 0. The van der Waals surface area contributed by atoms with Crippen LogP contribution in [0.25, 0.3) is 0 Å². The minimum absolute atomic E-state index is 0.153. The summed E-state index contributed by atoms with van der Waals surface area (Å²) in [6.45, 7) is 4.14. The Morgan fingerprint density at radius 3 is 2.25 bits per heavy atom. The van der Waals surface area contributed by atoms with E-state index in [1.165, 1.54) is 32.4 Å². The number of rotatable bonds is 13. The number of nitrogens with zero attached hydrogens (tertiary/aromatic N) is 1. The van der Waals surface area contributed by atoms with Crippen molar-refractivity contribution in [2.24, 2.45) is 17.6 Å². The SMILES string of the molecule is NCCC(CC[C@@H](CCB(O)O)CCC(=O)O)CN1CCCCC1. The summed E-state index contributed by atoms with van der Waals surface area (Å²) in [5.74, 6) is 0.0142. The molecule has 0 bridgehead atoms. The molecule has 0 aromatic carbocycles. The van der Waals surface area contributed by atoms with E-state index in [4.69, 9.17) is 20.9 Å². The molecule has 1 fully saturated rings. The molecule has 1 heterocycles. The van der Waals surface area contributed by atoms with Gasteiger partial charge >= 0.3 is 13.1 Å². The molecule has 24 heavy (non-hydrogen) atoms. The number of likely N-dealkylation sites (tertiary alicyclic amines) is 1. The smallest absolute Gasteiger partial charge is 0.451 e. The van der Waals surface area contributed by atoms with E-state index in [1.54, 1.807) is 0 Å². The van der Waals surface area contributed by atoms with Crippen LogP contribution in [0.3, 0.4) is 0 Å². The maximum absolute atomic E-state index is 10.8. The monoisotopic (exact) mass is 342 g/mol. The normalized spacial score (nSPS) is 18.3. The second kappa shape index (κ2) is 12.7. The summed E-state index contributed by atoms with van der Waals surface area (Å²) in [5.41, 5.74) is 5.78. The lowest BCUT2D eigenvalue weighted by Crippen LogP contribution is -2.35. The molecular weight excluding hydrogens is 307 g/mol. The van der Waals surface area contributed by atoms with Gasteiger partial charge in [0, 0.05) is 13.0 Å². The topological polar surface area (TPSA) is 107 Å². The zero-order chi connectivity index (χ0) is 17.8. The van der Waals surface area contributed by atoms with Crippen LogP contribution >= 0.6 is 0 Å². The van der Waals surface area contributed by atoms with Gasteiger partial charge in [-0.3, -0.25) is 4.79 Å². The number of aliphatic carboxylic acids is 1. The average Bonchev–Trinajstić information content (AvgIpc) is 2.54. The highest BCUT2D eigenvalue weighted by Gasteiger charge is 2.20. The van der Waals surface area contributed by atoms with Crippen LogP contribution < -0.4 is 5.73 Å². The summed E-state index contributed by atoms with van der Waals surface area (Å²) in [7, 11) is -1.30. The molecule has 0 aromatic heterocycles. The van der Waals surface area contributed by atoms with E-state index in [0.29, 0.717) is 31.6 Å². The fourth-order valence-corrected chi connectivity index (χ4v) is 3.69. The van der Waals surface area contributed by atoms with E-state index in [-0.39, 0.29) is 12.3 Å². The molecule has 0 saturated carbocycles. The van der Waals surface area contributed by atoms with Crippen LogP contribution in [0.4, 0.5) is 0 Å². The van der Waals surface area contributed by atoms with Crippen molar-refractivity contribution in [1.29, 1.82) is 0 Å². The second-order valence-electron chi connectivity index (χ2n) is 7.24. The minimum Gasteiger partial charge on any atom is -0.481 e. The fourth-order valence-electron chi connectivity index (χ4n) is 3.69. The molecule has 0 aromatic rings. The van der Waals surface area contributed by atoms with Gasteiger partial charge in [-0.25, -0.2) is 0 Å². The first-order chi connectivity index (χ1) is 11.5. The highest BCUT2D eigenvalue weighted by Crippen LogP contribution is 2.25. The molecular formula is C17H35BN2O4. The van der Waals surface area contributed by atoms with Gasteiger partial charge in [0.2, 0.25) is 0 Å². The van der Waals surface area contributed by atoms with E-state index in [1.807, 2.05) is 0 Å². The number of carboxylic acid groups (broad SMARTS) is 1. The standard InChI is InChI=1S/C17H35BN2O4/c19-11-9-16(14-20-12-2-1-3-13-20)5-4-15(6-7-17(21)22)8-10-18(23)24/h15-16,23-24H,1-14,19H2,(H,21,22)/t15-,16?/m1/s1. The van der Waals surface area contributed by atoms with Crippen LogP contribution in [0.5, 0.6) is 0 Å². The predicted molar refractivity (Wildman–Crippen MR) is 96.7 cm³/mol. The van der Waals surface area contributed by atoms with Gasteiger partial charge in [0.15, 0.2) is 0 Å². The molecule has 1 aliphatic rings. The lowest BCUT2D eigenvalue weighted by molar-refractivity contribution is -0.137. The van der Waals surface area contributed by atoms with E-state index in [0.717, 1.165) is 25.8 Å². The molecule has 1 aliphatic heterocycles. The van der Waals surface area contributed by atoms with E-state index >= 15 is 0 Å². The molecule has 1 saturated heterocycles. The minimum atomic E-state index is -1.30. The average molecular weight is 342 g/mol. The summed E-state index contributed by atoms with van der Waals surface area (Å²) in [4.78, 5) is 13.4. The Morgan fingerprint density at radius 1 is 1.00 bits per heavy atom. The van der Waals surface area contributed by atoms with Crippen LogP contribution in [0, 0.1) is 11.8 Å². The van der Waals surface area contributed by atoms with Gasteiger partial charge in [0.1, 0.15) is 0 Å². The maximum atomic E-state index is 10.8. The molecule has 0 spiro atoms. The Balaban J connectivity index is 2.42. The molecule has 0 amide bonds. The first kappa shape index (κ1) is 21.4. The lowest BCUT2D eigenvalue weighted by atomic mass is 9.78. The third kappa shape index (κ3) is 10.3. The Bertz CT molecular complexity index is 339. The van der Waals surface area contributed by atoms with Crippen molar-refractivity contribution in [2.75, 3.05) is 26.2 Å². The molecule has 5 N–H and O–H groups in total. The molecule has 140 valence electrons. The van der Waals surface area contributed by atoms with Crippen LogP contribution in [0.2, 0.25) is 6.32 Å². The molecule has 7 heteroatoms. The summed E-state index contributed by atoms with van der Waals surface area (Å²) >= 11 is 0. The third-order valence-electron chi connectivity index (χ3n) is 5.12. The zero-order valence-electron chi connectivity index (χ0n) is 14.9. The Kier molecular flexibility index (Phi) is 11.3. The van der Waals surface area contributed by atoms with Gasteiger partial charge in [-0.05, 0) is 69.9 Å². The van der Waals surface area contributed by atoms with E-state index in [2.05, 4.69) is 4.90 Å². The third-order valence-corrected chi connectivity index (χ3v) is 5.12. The van der Waals surface area contributed by atoms with Crippen molar-refractivity contribution in [3.8, 4) is 0 Å². The van der Waals surface area contributed by atoms with Gasteiger partial charge < -0.3 is 25.8 Å². The number of carbonyl (C=O) groups is 1. The Morgan fingerprint density at radius 2 is 1.67 bits per heavy atom.